The van der Waals surface area contributed by atoms with E-state index in [4.69, 9.17) is 9.26 Å². The van der Waals surface area contributed by atoms with Crippen molar-refractivity contribution in [2.75, 3.05) is 20.2 Å². The summed E-state index contributed by atoms with van der Waals surface area (Å²) in [7, 11) is 0.691. The Bertz CT molecular complexity index is 1320. The fraction of sp³-hybridized carbons (Fsp3) is 0.281. The van der Waals surface area contributed by atoms with Crippen LogP contribution in [-0.2, 0) is 4.52 Å². The van der Waals surface area contributed by atoms with Gasteiger partial charge in [0.05, 0.1) is 20.8 Å². The number of hydrogen-bond acceptors (Lipinski definition) is 4. The summed E-state index contributed by atoms with van der Waals surface area (Å²) < 4.78 is 13.0. The van der Waals surface area contributed by atoms with Crippen LogP contribution in [0.3, 0.4) is 0 Å². The first kappa shape index (κ1) is 24.3. The minimum absolute atomic E-state index is 0.0994. The van der Waals surface area contributed by atoms with Crippen LogP contribution in [0.4, 0.5) is 0 Å². The Balaban J connectivity index is 1.48. The Kier molecular flexibility index (Phi) is 7.06. The summed E-state index contributed by atoms with van der Waals surface area (Å²) >= 11 is 0. The number of benzene rings is 3. The molecule has 0 aliphatic carbocycles. The second kappa shape index (κ2) is 10.8. The molecule has 4 nitrogen and oxygen atoms in total. The molecule has 3 aliphatic rings. The fourth-order valence-electron chi connectivity index (χ4n) is 6.06. The number of methoxy groups -OCH3 is 1. The Hall–Kier alpha value is -3.04. The Labute approximate surface area is 220 Å². The highest BCUT2D eigenvalue weighted by atomic mass is 31.1. The van der Waals surface area contributed by atoms with Crippen LogP contribution in [0, 0.1) is 11.8 Å². The van der Waals surface area contributed by atoms with Crippen molar-refractivity contribution in [3.05, 3.63) is 109 Å². The smallest absolute Gasteiger partial charge is 0.119 e. The third kappa shape index (κ3) is 4.82. The summed E-state index contributed by atoms with van der Waals surface area (Å²) in [4.78, 5) is 7.33. The molecule has 1 unspecified atom stereocenters. The van der Waals surface area contributed by atoms with Gasteiger partial charge in [-0.15, -0.1) is 6.58 Å². The molecule has 0 radical (unpaired) electrons. The van der Waals surface area contributed by atoms with E-state index in [1.807, 2.05) is 18.3 Å². The molecule has 188 valence electrons. The van der Waals surface area contributed by atoms with Crippen LogP contribution in [0.2, 0.25) is 0 Å². The van der Waals surface area contributed by atoms with Crippen LogP contribution in [0.5, 0.6) is 5.75 Å². The lowest BCUT2D eigenvalue weighted by Gasteiger charge is -2.51. The van der Waals surface area contributed by atoms with Crippen molar-refractivity contribution in [2.24, 2.45) is 11.8 Å². The molecule has 0 saturated carbocycles. The van der Waals surface area contributed by atoms with Crippen molar-refractivity contribution in [3.63, 3.8) is 0 Å². The third-order valence-corrected chi connectivity index (χ3v) is 9.97. The zero-order valence-electron chi connectivity index (χ0n) is 21.2. The monoisotopic (exact) mass is 508 g/mol. The fourth-order valence-corrected chi connectivity index (χ4v) is 7.97. The lowest BCUT2D eigenvalue weighted by molar-refractivity contribution is -0.0320. The standard InChI is InChI=1S/C32H33N2O2P/c1-3-23-22-34-19-17-24(23)20-31(34)32(28-16-18-33-30-15-14-25(35-2)21-29(28)30)36-37(26-10-6-4-7-11-26)27-12-8-5-9-13-27/h3-16,18,21,23-24,31-32H,1,17,19-20,22H2,2H3/t23-,24-,31-,32+/m0/s1. The van der Waals surface area contributed by atoms with Crippen molar-refractivity contribution in [2.45, 2.75) is 25.0 Å². The van der Waals surface area contributed by atoms with E-state index < -0.39 is 8.15 Å². The zero-order chi connectivity index (χ0) is 25.2. The van der Waals surface area contributed by atoms with Gasteiger partial charge >= 0.3 is 0 Å². The van der Waals surface area contributed by atoms with Gasteiger partial charge in [0.25, 0.3) is 0 Å². The van der Waals surface area contributed by atoms with E-state index in [1.54, 1.807) is 7.11 Å². The molecule has 3 aromatic carbocycles. The van der Waals surface area contributed by atoms with Gasteiger partial charge in [0.15, 0.2) is 0 Å². The van der Waals surface area contributed by atoms with Crippen molar-refractivity contribution in [1.29, 1.82) is 0 Å². The predicted octanol–water partition coefficient (Wildman–Crippen LogP) is 6.25. The van der Waals surface area contributed by atoms with Gasteiger partial charge in [0.2, 0.25) is 0 Å². The molecule has 0 N–H and O–H groups in total. The first-order valence-electron chi connectivity index (χ1n) is 13.1. The van der Waals surface area contributed by atoms with Crippen LogP contribution < -0.4 is 15.3 Å². The second-order valence-corrected chi connectivity index (χ2v) is 11.9. The van der Waals surface area contributed by atoms with Crippen LogP contribution in [0.25, 0.3) is 10.9 Å². The molecule has 37 heavy (non-hydrogen) atoms. The zero-order valence-corrected chi connectivity index (χ0v) is 22.1. The SMILES string of the molecule is C=C[C@H]1CN2CC[C@H]1C[C@H]2[C@H](OP(c1ccccc1)c1ccccc1)c1ccnc2ccc(OC)cc12. The quantitative estimate of drug-likeness (QED) is 0.208. The molecule has 3 aliphatic heterocycles. The maximum Gasteiger partial charge on any atom is 0.119 e. The van der Waals surface area contributed by atoms with Gasteiger partial charge in [-0.2, -0.15) is 0 Å². The maximum absolute atomic E-state index is 7.38. The van der Waals surface area contributed by atoms with Gasteiger partial charge in [0.1, 0.15) is 11.9 Å². The molecule has 5 heteroatoms. The molecule has 0 amide bonds. The number of fused-ring (bicyclic) bond motifs is 4. The topological polar surface area (TPSA) is 34.6 Å². The van der Waals surface area contributed by atoms with E-state index in [0.29, 0.717) is 17.9 Å². The first-order chi connectivity index (χ1) is 18.2. The average molecular weight is 509 g/mol. The average Bonchev–Trinajstić information content (AvgIpc) is 2.98. The number of rotatable bonds is 8. The normalized spacial score (nSPS) is 23.7. The number of nitrogens with zero attached hydrogens (tertiary/aromatic N) is 2. The molecule has 1 aromatic heterocycles. The minimum Gasteiger partial charge on any atom is -0.497 e. The Morgan fingerprint density at radius 3 is 2.35 bits per heavy atom. The Morgan fingerprint density at radius 1 is 1.00 bits per heavy atom. The molecular formula is C32H33N2O2P. The van der Waals surface area contributed by atoms with Crippen molar-refractivity contribution in [1.82, 2.24) is 9.88 Å². The molecule has 4 heterocycles. The number of ether oxygens (including phenoxy) is 1. The van der Waals surface area contributed by atoms with Crippen molar-refractivity contribution in [3.8, 4) is 5.75 Å². The number of pyridine rings is 1. The largest absolute Gasteiger partial charge is 0.497 e. The molecule has 0 spiro atoms. The summed E-state index contributed by atoms with van der Waals surface area (Å²) in [6.45, 7) is 6.31. The predicted molar refractivity (Wildman–Crippen MR) is 153 cm³/mol. The van der Waals surface area contributed by atoms with Gasteiger partial charge in [0, 0.05) is 34.8 Å². The summed E-state index contributed by atoms with van der Waals surface area (Å²) in [5.74, 6) is 2.05. The molecule has 4 aromatic rings. The van der Waals surface area contributed by atoms with Crippen molar-refractivity contribution < 1.29 is 9.26 Å². The van der Waals surface area contributed by atoms with Crippen molar-refractivity contribution >= 4 is 29.7 Å². The summed E-state index contributed by atoms with van der Waals surface area (Å²) in [5, 5.41) is 3.56. The number of hydrogen-bond donors (Lipinski definition) is 0. The second-order valence-electron chi connectivity index (χ2n) is 10.0. The highest BCUT2D eigenvalue weighted by Gasteiger charge is 2.44. The molecule has 3 saturated heterocycles. The van der Waals surface area contributed by atoms with E-state index in [0.717, 1.165) is 36.2 Å². The maximum atomic E-state index is 7.38. The molecular weight excluding hydrogens is 475 g/mol. The van der Waals surface area contributed by atoms with Gasteiger partial charge in [-0.05, 0) is 61.1 Å². The van der Waals surface area contributed by atoms with E-state index in [-0.39, 0.29) is 6.10 Å². The minimum atomic E-state index is -1.03. The molecule has 3 fully saturated rings. The van der Waals surface area contributed by atoms with E-state index in [9.17, 15) is 0 Å². The Morgan fingerprint density at radius 2 is 1.73 bits per heavy atom. The van der Waals surface area contributed by atoms with Crippen LogP contribution in [0.1, 0.15) is 24.5 Å². The molecule has 7 rings (SSSR count). The van der Waals surface area contributed by atoms with E-state index >= 15 is 0 Å². The van der Waals surface area contributed by atoms with Gasteiger partial charge in [-0.3, -0.25) is 9.88 Å². The van der Waals surface area contributed by atoms with Crippen LogP contribution >= 0.6 is 8.15 Å². The van der Waals surface area contributed by atoms with Crippen LogP contribution in [-0.4, -0.2) is 36.1 Å². The highest BCUT2D eigenvalue weighted by molar-refractivity contribution is 7.68. The molecule has 5 atom stereocenters. The summed E-state index contributed by atoms with van der Waals surface area (Å²) in [5.41, 5.74) is 2.16. The van der Waals surface area contributed by atoms with Gasteiger partial charge in [-0.25, -0.2) is 0 Å². The number of aromatic nitrogens is 1. The van der Waals surface area contributed by atoms with Crippen LogP contribution in [0.15, 0.2) is 104 Å². The third-order valence-electron chi connectivity index (χ3n) is 7.99. The summed E-state index contributed by atoms with van der Waals surface area (Å²) in [6.07, 6.45) is 6.34. The van der Waals surface area contributed by atoms with Gasteiger partial charge < -0.3 is 9.26 Å². The summed E-state index contributed by atoms with van der Waals surface area (Å²) in [6, 6.07) is 30.0. The number of piperidine rings is 3. The van der Waals surface area contributed by atoms with Gasteiger partial charge in [-0.1, -0.05) is 66.7 Å². The van der Waals surface area contributed by atoms with E-state index in [2.05, 4.69) is 95.3 Å². The lowest BCUT2D eigenvalue weighted by atomic mass is 9.73. The highest BCUT2D eigenvalue weighted by Crippen LogP contribution is 2.49. The van der Waals surface area contributed by atoms with E-state index in [1.165, 1.54) is 22.6 Å². The first-order valence-corrected chi connectivity index (χ1v) is 14.4. The molecule has 2 bridgehead atoms. The lowest BCUT2D eigenvalue weighted by Crippen LogP contribution is -2.55.